The summed E-state index contributed by atoms with van der Waals surface area (Å²) in [6.07, 6.45) is 3.75. The SMILES string of the molecule is c1cc(-c2cccc(-n3c4ccccc4c4ccc5ccccc5c43)c2)cc(N(c2ccc(-c3cncc4oc5ccccc5c34)cc2)c2cccc3ccccc23)c1. The van der Waals surface area contributed by atoms with E-state index in [-0.39, 0.29) is 0 Å². The number of anilines is 3. The maximum atomic E-state index is 6.19. The summed E-state index contributed by atoms with van der Waals surface area (Å²) in [5, 5.41) is 9.54. The number of pyridine rings is 1. The lowest BCUT2D eigenvalue weighted by Crippen LogP contribution is -2.10. The summed E-state index contributed by atoms with van der Waals surface area (Å²) < 4.78 is 8.63. The van der Waals surface area contributed by atoms with Gasteiger partial charge in [-0.3, -0.25) is 4.98 Å². The number of aromatic nitrogens is 2. The van der Waals surface area contributed by atoms with Crippen LogP contribution in [0.3, 0.4) is 0 Å². The zero-order chi connectivity index (χ0) is 38.9. The average molecular weight is 754 g/mol. The van der Waals surface area contributed by atoms with Gasteiger partial charge in [0.05, 0.1) is 22.9 Å². The Morgan fingerprint density at radius 3 is 1.97 bits per heavy atom. The second kappa shape index (κ2) is 13.3. The lowest BCUT2D eigenvalue weighted by atomic mass is 10.00. The first-order valence-electron chi connectivity index (χ1n) is 20.0. The molecule has 0 unspecified atom stereocenters. The second-order valence-electron chi connectivity index (χ2n) is 15.2. The molecule has 0 saturated carbocycles. The smallest absolute Gasteiger partial charge is 0.154 e. The summed E-state index contributed by atoms with van der Waals surface area (Å²) in [6, 6.07) is 72.1. The van der Waals surface area contributed by atoms with E-state index in [0.29, 0.717) is 0 Å². The first-order valence-corrected chi connectivity index (χ1v) is 20.0. The predicted molar refractivity (Wildman–Crippen MR) is 246 cm³/mol. The van der Waals surface area contributed by atoms with Crippen molar-refractivity contribution in [3.63, 3.8) is 0 Å². The van der Waals surface area contributed by atoms with E-state index in [9.17, 15) is 0 Å². The van der Waals surface area contributed by atoms with Crippen molar-refractivity contribution in [2.24, 2.45) is 0 Å². The average Bonchev–Trinajstić information content (AvgIpc) is 3.86. The molecular weight excluding hydrogens is 719 g/mol. The third-order valence-electron chi connectivity index (χ3n) is 11.8. The first-order chi connectivity index (χ1) is 29.3. The first kappa shape index (κ1) is 33.2. The molecule has 0 spiro atoms. The van der Waals surface area contributed by atoms with E-state index in [2.05, 4.69) is 203 Å². The van der Waals surface area contributed by atoms with Crippen LogP contribution in [0.15, 0.2) is 217 Å². The Kier molecular flexibility index (Phi) is 7.50. The second-order valence-corrected chi connectivity index (χ2v) is 15.2. The number of hydrogen-bond donors (Lipinski definition) is 0. The molecule has 3 heterocycles. The Hall–Kier alpha value is -7.95. The zero-order valence-corrected chi connectivity index (χ0v) is 32.0. The number of hydrogen-bond acceptors (Lipinski definition) is 3. The highest BCUT2D eigenvalue weighted by Crippen LogP contribution is 2.43. The lowest BCUT2D eigenvalue weighted by molar-refractivity contribution is 0.667. The van der Waals surface area contributed by atoms with Gasteiger partial charge in [0.15, 0.2) is 5.58 Å². The van der Waals surface area contributed by atoms with Crippen molar-refractivity contribution in [1.82, 2.24) is 9.55 Å². The molecule has 4 heteroatoms. The molecule has 0 aliphatic rings. The van der Waals surface area contributed by atoms with Gasteiger partial charge in [0.25, 0.3) is 0 Å². The number of furan rings is 1. The van der Waals surface area contributed by atoms with E-state index < -0.39 is 0 Å². The summed E-state index contributed by atoms with van der Waals surface area (Å²) in [5.41, 5.74) is 12.9. The molecule has 276 valence electrons. The van der Waals surface area contributed by atoms with Crippen molar-refractivity contribution in [2.75, 3.05) is 4.90 Å². The van der Waals surface area contributed by atoms with Gasteiger partial charge < -0.3 is 13.9 Å². The molecule has 0 atom stereocenters. The lowest BCUT2D eigenvalue weighted by Gasteiger charge is -2.27. The third kappa shape index (κ3) is 5.34. The van der Waals surface area contributed by atoms with Crippen LogP contribution in [-0.4, -0.2) is 9.55 Å². The molecule has 0 radical (unpaired) electrons. The van der Waals surface area contributed by atoms with Crippen molar-refractivity contribution < 1.29 is 4.42 Å². The van der Waals surface area contributed by atoms with E-state index in [0.717, 1.165) is 66.9 Å². The number of para-hydroxylation sites is 2. The summed E-state index contributed by atoms with van der Waals surface area (Å²) in [4.78, 5) is 6.95. The number of benzene rings is 9. The molecule has 0 saturated heterocycles. The van der Waals surface area contributed by atoms with Crippen molar-refractivity contribution in [3.05, 3.63) is 213 Å². The van der Waals surface area contributed by atoms with Crippen LogP contribution < -0.4 is 4.90 Å². The Labute approximate surface area is 340 Å². The van der Waals surface area contributed by atoms with E-state index in [1.807, 2.05) is 24.5 Å². The highest BCUT2D eigenvalue weighted by atomic mass is 16.3. The van der Waals surface area contributed by atoms with E-state index >= 15 is 0 Å². The van der Waals surface area contributed by atoms with Crippen LogP contribution in [0.5, 0.6) is 0 Å². The molecule has 4 nitrogen and oxygen atoms in total. The van der Waals surface area contributed by atoms with Crippen molar-refractivity contribution in [1.29, 1.82) is 0 Å². The highest BCUT2D eigenvalue weighted by molar-refractivity contribution is 6.18. The van der Waals surface area contributed by atoms with Gasteiger partial charge in [-0.15, -0.1) is 0 Å². The quantitative estimate of drug-likeness (QED) is 0.170. The van der Waals surface area contributed by atoms with E-state index in [1.54, 1.807) is 0 Å². The minimum atomic E-state index is 0.789. The largest absolute Gasteiger partial charge is 0.454 e. The van der Waals surface area contributed by atoms with Crippen molar-refractivity contribution >= 4 is 82.4 Å². The molecule has 0 N–H and O–H groups in total. The van der Waals surface area contributed by atoms with Crippen LogP contribution in [0.2, 0.25) is 0 Å². The Morgan fingerprint density at radius 1 is 0.424 bits per heavy atom. The van der Waals surface area contributed by atoms with Crippen LogP contribution in [0.25, 0.3) is 93.2 Å². The minimum Gasteiger partial charge on any atom is -0.454 e. The number of fused-ring (bicyclic) bond motifs is 9. The Bertz CT molecular complexity index is 3570. The van der Waals surface area contributed by atoms with Crippen LogP contribution in [-0.2, 0) is 0 Å². The van der Waals surface area contributed by atoms with Gasteiger partial charge in [-0.2, -0.15) is 0 Å². The summed E-state index contributed by atoms with van der Waals surface area (Å²) >= 11 is 0. The van der Waals surface area contributed by atoms with Gasteiger partial charge in [0.2, 0.25) is 0 Å². The summed E-state index contributed by atoms with van der Waals surface area (Å²) in [7, 11) is 0. The molecule has 0 aliphatic carbocycles. The normalized spacial score (nSPS) is 11.7. The Balaban J connectivity index is 1.00. The fourth-order valence-electron chi connectivity index (χ4n) is 9.16. The van der Waals surface area contributed by atoms with Gasteiger partial charge in [-0.05, 0) is 82.1 Å². The topological polar surface area (TPSA) is 34.2 Å². The van der Waals surface area contributed by atoms with Gasteiger partial charge in [-0.25, -0.2) is 0 Å². The predicted octanol–water partition coefficient (Wildman–Crippen LogP) is 15.2. The molecule has 3 aromatic heterocycles. The molecule has 0 bridgehead atoms. The minimum absolute atomic E-state index is 0.789. The Morgan fingerprint density at radius 2 is 1.10 bits per heavy atom. The van der Waals surface area contributed by atoms with Gasteiger partial charge in [0.1, 0.15) is 5.58 Å². The zero-order valence-electron chi connectivity index (χ0n) is 32.0. The third-order valence-corrected chi connectivity index (χ3v) is 11.8. The summed E-state index contributed by atoms with van der Waals surface area (Å²) in [5.74, 6) is 0. The molecule has 0 fully saturated rings. The van der Waals surface area contributed by atoms with Gasteiger partial charge in [-0.1, -0.05) is 146 Å². The monoisotopic (exact) mass is 753 g/mol. The van der Waals surface area contributed by atoms with Crippen molar-refractivity contribution in [2.45, 2.75) is 0 Å². The maximum Gasteiger partial charge on any atom is 0.154 e. The summed E-state index contributed by atoms with van der Waals surface area (Å²) in [6.45, 7) is 0. The maximum absolute atomic E-state index is 6.19. The number of nitrogens with zero attached hydrogens (tertiary/aromatic N) is 3. The van der Waals surface area contributed by atoms with Crippen LogP contribution >= 0.6 is 0 Å². The molecular formula is C55H35N3O. The molecule has 12 rings (SSSR count). The standard InChI is InChI=1S/C55H35N3O/c1-3-19-44-36(12-1)14-11-24-50(44)57(41-29-26-38(27-30-41)49-34-56-35-53-54(49)48-22-6-8-25-52(48)59-53)42-17-9-15-39(32-42)40-16-10-18-43(33-40)58-51-23-7-5-21-46(51)47-31-28-37-13-2-4-20-45(37)55(47)58/h1-35H. The highest BCUT2D eigenvalue weighted by Gasteiger charge is 2.19. The van der Waals surface area contributed by atoms with Gasteiger partial charge >= 0.3 is 0 Å². The van der Waals surface area contributed by atoms with Crippen molar-refractivity contribution in [3.8, 4) is 27.9 Å². The fourth-order valence-corrected chi connectivity index (χ4v) is 9.16. The van der Waals surface area contributed by atoms with Crippen LogP contribution in [0.4, 0.5) is 17.1 Å². The molecule has 0 amide bonds. The van der Waals surface area contributed by atoms with Gasteiger partial charge in [0, 0.05) is 61.1 Å². The number of rotatable bonds is 6. The fraction of sp³-hybridized carbons (Fsp3) is 0. The van der Waals surface area contributed by atoms with Crippen LogP contribution in [0.1, 0.15) is 0 Å². The molecule has 9 aromatic carbocycles. The van der Waals surface area contributed by atoms with E-state index in [1.165, 1.54) is 43.4 Å². The molecule has 59 heavy (non-hydrogen) atoms. The van der Waals surface area contributed by atoms with E-state index in [4.69, 9.17) is 4.42 Å². The molecule has 0 aliphatic heterocycles. The molecule has 12 aromatic rings. The van der Waals surface area contributed by atoms with Crippen LogP contribution in [0, 0.1) is 0 Å².